The first-order valence-corrected chi connectivity index (χ1v) is 8.85. The van der Waals surface area contributed by atoms with E-state index in [-0.39, 0.29) is 18.0 Å². The summed E-state index contributed by atoms with van der Waals surface area (Å²) in [5.41, 5.74) is 0.964. The number of hydrogen-bond donors (Lipinski definition) is 2. The second kappa shape index (κ2) is 6.65. The van der Waals surface area contributed by atoms with Gasteiger partial charge in [0.05, 0.1) is 29.5 Å². The van der Waals surface area contributed by atoms with Gasteiger partial charge in [-0.1, -0.05) is 0 Å². The van der Waals surface area contributed by atoms with E-state index in [1.807, 2.05) is 5.38 Å². The summed E-state index contributed by atoms with van der Waals surface area (Å²) < 4.78 is 28.8. The van der Waals surface area contributed by atoms with Crippen molar-refractivity contribution >= 4 is 21.4 Å². The molecule has 116 valence electrons. The van der Waals surface area contributed by atoms with E-state index in [2.05, 4.69) is 14.8 Å². The van der Waals surface area contributed by atoms with E-state index in [0.29, 0.717) is 24.4 Å². The van der Waals surface area contributed by atoms with Gasteiger partial charge in [-0.2, -0.15) is 5.10 Å². The number of aryl methyl sites for hydroxylation is 1. The molecule has 2 rings (SSSR count). The summed E-state index contributed by atoms with van der Waals surface area (Å²) >= 11 is 1.50. The lowest BCUT2D eigenvalue weighted by molar-refractivity contribution is 0.267. The number of rotatable bonds is 7. The predicted octanol–water partition coefficient (Wildman–Crippen LogP) is 0.470. The molecule has 7 nitrogen and oxygen atoms in total. The Morgan fingerprint density at radius 1 is 1.43 bits per heavy atom. The second-order valence-electron chi connectivity index (χ2n) is 4.52. The molecule has 0 aliphatic carbocycles. The summed E-state index contributed by atoms with van der Waals surface area (Å²) in [6.45, 7) is 3.82. The molecule has 0 amide bonds. The van der Waals surface area contributed by atoms with Crippen LogP contribution >= 0.6 is 11.3 Å². The third-order valence-corrected chi connectivity index (χ3v) is 5.56. The summed E-state index contributed by atoms with van der Waals surface area (Å²) in [5.74, 6) is 0. The quantitative estimate of drug-likeness (QED) is 0.769. The third-order valence-electron chi connectivity index (χ3n) is 3.01. The van der Waals surface area contributed by atoms with Crippen LogP contribution in [-0.4, -0.2) is 41.4 Å². The fourth-order valence-electron chi connectivity index (χ4n) is 2.12. The van der Waals surface area contributed by atoms with Gasteiger partial charge < -0.3 is 5.11 Å². The highest BCUT2D eigenvalue weighted by Gasteiger charge is 2.24. The summed E-state index contributed by atoms with van der Waals surface area (Å²) in [7, 11) is -3.61. The Hall–Kier alpha value is -1.29. The van der Waals surface area contributed by atoms with E-state index in [1.165, 1.54) is 16.0 Å². The fourth-order valence-corrected chi connectivity index (χ4v) is 4.18. The molecule has 9 heteroatoms. The van der Waals surface area contributed by atoms with Crippen molar-refractivity contribution in [3.63, 3.8) is 0 Å². The Morgan fingerprint density at radius 2 is 2.19 bits per heavy atom. The van der Waals surface area contributed by atoms with Crippen molar-refractivity contribution in [1.82, 2.24) is 19.5 Å². The van der Waals surface area contributed by atoms with Gasteiger partial charge in [0.15, 0.2) is 0 Å². The van der Waals surface area contributed by atoms with Crippen LogP contribution in [-0.2, 0) is 23.0 Å². The van der Waals surface area contributed by atoms with Crippen LogP contribution in [0.3, 0.4) is 0 Å². The topological polar surface area (TPSA) is 97.1 Å². The van der Waals surface area contributed by atoms with E-state index in [1.54, 1.807) is 20.0 Å². The molecule has 2 heterocycles. The van der Waals surface area contributed by atoms with Crippen LogP contribution in [0.2, 0.25) is 0 Å². The number of nitrogens with one attached hydrogen (secondary N) is 1. The van der Waals surface area contributed by atoms with Gasteiger partial charge in [0.25, 0.3) is 0 Å². The van der Waals surface area contributed by atoms with Crippen LogP contribution < -0.4 is 4.72 Å². The molecule has 0 radical (unpaired) electrons. The smallest absolute Gasteiger partial charge is 0.244 e. The van der Waals surface area contributed by atoms with Gasteiger partial charge in [0, 0.05) is 24.5 Å². The molecule has 0 bridgehead atoms. The molecule has 2 N–H and O–H groups in total. The van der Waals surface area contributed by atoms with E-state index in [9.17, 15) is 8.42 Å². The fraction of sp³-hybridized carbons (Fsp3) is 0.500. The third kappa shape index (κ3) is 3.67. The highest BCUT2D eigenvalue weighted by atomic mass is 32.2. The molecule has 0 saturated heterocycles. The highest BCUT2D eigenvalue weighted by Crippen LogP contribution is 2.19. The lowest BCUT2D eigenvalue weighted by atomic mass is 10.4. The number of nitrogens with zero attached hydrogens (tertiary/aromatic N) is 3. The summed E-state index contributed by atoms with van der Waals surface area (Å²) in [4.78, 5) is 4.30. The Morgan fingerprint density at radius 3 is 2.81 bits per heavy atom. The molecule has 21 heavy (non-hydrogen) atoms. The Bertz CT molecular complexity index is 692. The number of thiazole rings is 1. The molecule has 0 fully saturated rings. The first-order chi connectivity index (χ1) is 9.95. The van der Waals surface area contributed by atoms with Crippen molar-refractivity contribution in [2.45, 2.75) is 31.7 Å². The van der Waals surface area contributed by atoms with Crippen LogP contribution in [0, 0.1) is 13.8 Å². The van der Waals surface area contributed by atoms with Gasteiger partial charge in [0.2, 0.25) is 10.0 Å². The molecule has 2 aromatic heterocycles. The normalized spacial score (nSPS) is 12.0. The maximum atomic E-state index is 12.4. The van der Waals surface area contributed by atoms with Gasteiger partial charge in [-0.3, -0.25) is 4.68 Å². The standard InChI is InChI=1S/C12H18N4O3S2/c1-9-12(10(2)16(15-9)6-7-17)21(18,19)14-4-3-11-13-5-8-20-11/h5,8,14,17H,3-4,6-7H2,1-2H3. The first-order valence-electron chi connectivity index (χ1n) is 6.48. The molecule has 0 unspecified atom stereocenters. The van der Waals surface area contributed by atoms with Crippen molar-refractivity contribution in [1.29, 1.82) is 0 Å². The minimum absolute atomic E-state index is 0.0844. The summed E-state index contributed by atoms with van der Waals surface area (Å²) in [5, 5.41) is 15.9. The van der Waals surface area contributed by atoms with Crippen molar-refractivity contribution in [2.24, 2.45) is 0 Å². The van der Waals surface area contributed by atoms with Crippen molar-refractivity contribution in [3.05, 3.63) is 28.0 Å². The van der Waals surface area contributed by atoms with Crippen LogP contribution in [0.1, 0.15) is 16.4 Å². The molecule has 0 saturated carbocycles. The maximum absolute atomic E-state index is 12.4. The molecule has 0 spiro atoms. The minimum atomic E-state index is -3.61. The second-order valence-corrected chi connectivity index (χ2v) is 7.20. The molecule has 2 aromatic rings. The Balaban J connectivity index is 2.12. The summed E-state index contributed by atoms with van der Waals surface area (Å²) in [6, 6.07) is 0. The lowest BCUT2D eigenvalue weighted by Gasteiger charge is -2.07. The van der Waals surface area contributed by atoms with Crippen molar-refractivity contribution < 1.29 is 13.5 Å². The minimum Gasteiger partial charge on any atom is -0.394 e. The highest BCUT2D eigenvalue weighted by molar-refractivity contribution is 7.89. The van der Waals surface area contributed by atoms with Crippen molar-refractivity contribution in [2.75, 3.05) is 13.2 Å². The largest absolute Gasteiger partial charge is 0.394 e. The van der Waals surface area contributed by atoms with Crippen LogP contribution in [0.4, 0.5) is 0 Å². The number of sulfonamides is 1. The van der Waals surface area contributed by atoms with Gasteiger partial charge in [-0.05, 0) is 13.8 Å². The Kier molecular flexibility index (Phi) is 5.09. The summed E-state index contributed by atoms with van der Waals surface area (Å²) in [6.07, 6.45) is 2.25. The molecule has 0 atom stereocenters. The number of aliphatic hydroxyl groups excluding tert-OH is 1. The monoisotopic (exact) mass is 330 g/mol. The number of aliphatic hydroxyl groups is 1. The van der Waals surface area contributed by atoms with Gasteiger partial charge in [0.1, 0.15) is 4.90 Å². The van der Waals surface area contributed by atoms with Gasteiger partial charge >= 0.3 is 0 Å². The SMILES string of the molecule is Cc1nn(CCO)c(C)c1S(=O)(=O)NCCc1nccs1. The van der Waals surface area contributed by atoms with E-state index >= 15 is 0 Å². The predicted molar refractivity (Wildman–Crippen MR) is 79.8 cm³/mol. The zero-order valence-corrected chi connectivity index (χ0v) is 13.5. The number of aromatic nitrogens is 3. The molecule has 0 aliphatic heterocycles. The average molecular weight is 330 g/mol. The van der Waals surface area contributed by atoms with Crippen molar-refractivity contribution in [3.8, 4) is 0 Å². The van der Waals surface area contributed by atoms with Crippen LogP contribution in [0.25, 0.3) is 0 Å². The van der Waals surface area contributed by atoms with E-state index in [0.717, 1.165) is 5.01 Å². The van der Waals surface area contributed by atoms with Gasteiger partial charge in [-0.15, -0.1) is 11.3 Å². The molecule has 0 aliphatic rings. The van der Waals surface area contributed by atoms with Crippen LogP contribution in [0.15, 0.2) is 16.5 Å². The van der Waals surface area contributed by atoms with Gasteiger partial charge in [-0.25, -0.2) is 18.1 Å². The first kappa shape index (κ1) is 16.1. The van der Waals surface area contributed by atoms with Crippen LogP contribution in [0.5, 0.6) is 0 Å². The number of hydrogen-bond acceptors (Lipinski definition) is 6. The molecule has 0 aromatic carbocycles. The molecular weight excluding hydrogens is 312 g/mol. The maximum Gasteiger partial charge on any atom is 0.244 e. The average Bonchev–Trinajstić information content (AvgIpc) is 2.99. The van der Waals surface area contributed by atoms with E-state index < -0.39 is 10.0 Å². The zero-order chi connectivity index (χ0) is 15.5. The Labute approximate surface area is 127 Å². The molecular formula is C12H18N4O3S2. The lowest BCUT2D eigenvalue weighted by Crippen LogP contribution is -2.27. The zero-order valence-electron chi connectivity index (χ0n) is 11.9. The van der Waals surface area contributed by atoms with E-state index in [4.69, 9.17) is 5.11 Å².